The van der Waals surface area contributed by atoms with Gasteiger partial charge in [-0.15, -0.1) is 0 Å². The van der Waals surface area contributed by atoms with Crippen LogP contribution in [-0.4, -0.2) is 32.2 Å². The van der Waals surface area contributed by atoms with Gasteiger partial charge in [0.05, 0.1) is 30.5 Å². The van der Waals surface area contributed by atoms with Gasteiger partial charge in [0.2, 0.25) is 0 Å². The van der Waals surface area contributed by atoms with E-state index in [4.69, 9.17) is 4.74 Å². The van der Waals surface area contributed by atoms with Gasteiger partial charge in [-0.3, -0.25) is 0 Å². The number of hydrogen-bond donors (Lipinski definition) is 2. The van der Waals surface area contributed by atoms with E-state index < -0.39 is 12.0 Å². The van der Waals surface area contributed by atoms with E-state index in [1.54, 1.807) is 6.92 Å². The fourth-order valence-corrected chi connectivity index (χ4v) is 3.10. The second-order valence-corrected chi connectivity index (χ2v) is 6.25. The number of ether oxygens (including phenoxy) is 1. The molecule has 6 nitrogen and oxygen atoms in total. The molecule has 1 aliphatic rings. The number of carbonyl (C=O) groups excluding carboxylic acids is 2. The molecule has 0 spiro atoms. The fourth-order valence-electron chi connectivity index (χ4n) is 3.10. The van der Waals surface area contributed by atoms with E-state index in [2.05, 4.69) is 10.6 Å². The molecule has 0 aromatic heterocycles. The lowest BCUT2D eigenvalue weighted by atomic mass is 9.95. The van der Waals surface area contributed by atoms with Crippen LogP contribution in [0, 0.1) is 0 Å². The molecular formula is C21H23N3O3. The Hall–Kier alpha value is -3.28. The van der Waals surface area contributed by atoms with Crippen LogP contribution in [0.3, 0.4) is 0 Å². The summed E-state index contributed by atoms with van der Waals surface area (Å²) in [5, 5.41) is 5.63. The number of likely N-dealkylation sites (N-methyl/N-ethyl adjacent to an activating group) is 1. The van der Waals surface area contributed by atoms with Gasteiger partial charge in [0.15, 0.2) is 0 Å². The number of para-hydroxylation sites is 1. The predicted octanol–water partition coefficient (Wildman–Crippen LogP) is 2.99. The molecule has 2 amide bonds. The SMILES string of the molecule is CCOC(=O)C1=C(CN(C)c2ccccc2)NC(=O)N[C@H]1c1ccccc1. The zero-order chi connectivity index (χ0) is 19.2. The average molecular weight is 365 g/mol. The van der Waals surface area contributed by atoms with Gasteiger partial charge in [-0.1, -0.05) is 48.5 Å². The molecule has 0 bridgehead atoms. The highest BCUT2D eigenvalue weighted by molar-refractivity contribution is 5.95. The molecule has 0 fully saturated rings. The maximum Gasteiger partial charge on any atom is 0.338 e. The van der Waals surface area contributed by atoms with Crippen LogP contribution in [0.1, 0.15) is 18.5 Å². The summed E-state index contributed by atoms with van der Waals surface area (Å²) in [5.41, 5.74) is 2.77. The molecule has 1 atom stereocenters. The van der Waals surface area contributed by atoms with Crippen LogP contribution in [0.5, 0.6) is 0 Å². The first-order valence-electron chi connectivity index (χ1n) is 8.89. The van der Waals surface area contributed by atoms with E-state index in [9.17, 15) is 9.59 Å². The number of carbonyl (C=O) groups is 2. The van der Waals surface area contributed by atoms with Crippen molar-refractivity contribution in [2.75, 3.05) is 25.1 Å². The summed E-state index contributed by atoms with van der Waals surface area (Å²) >= 11 is 0. The van der Waals surface area contributed by atoms with Crippen molar-refractivity contribution >= 4 is 17.7 Å². The molecule has 0 saturated heterocycles. The third-order valence-electron chi connectivity index (χ3n) is 4.37. The number of hydrogen-bond acceptors (Lipinski definition) is 4. The summed E-state index contributed by atoms with van der Waals surface area (Å²) < 4.78 is 5.28. The second-order valence-electron chi connectivity index (χ2n) is 6.25. The highest BCUT2D eigenvalue weighted by Crippen LogP contribution is 2.28. The molecule has 0 aliphatic carbocycles. The van der Waals surface area contributed by atoms with Crippen molar-refractivity contribution in [3.05, 3.63) is 77.5 Å². The van der Waals surface area contributed by atoms with Gasteiger partial charge < -0.3 is 20.3 Å². The van der Waals surface area contributed by atoms with Gasteiger partial charge in [-0.05, 0) is 24.6 Å². The van der Waals surface area contributed by atoms with Crippen LogP contribution in [0.15, 0.2) is 71.9 Å². The number of rotatable bonds is 6. The minimum atomic E-state index is -0.557. The maximum atomic E-state index is 12.7. The fraction of sp³-hybridized carbons (Fsp3) is 0.238. The Morgan fingerprint density at radius 1 is 1.07 bits per heavy atom. The summed E-state index contributed by atoms with van der Waals surface area (Å²) in [6.07, 6.45) is 0. The van der Waals surface area contributed by atoms with E-state index in [0.717, 1.165) is 11.3 Å². The quantitative estimate of drug-likeness (QED) is 0.772. The van der Waals surface area contributed by atoms with E-state index >= 15 is 0 Å². The van der Waals surface area contributed by atoms with Gasteiger partial charge in [0.1, 0.15) is 0 Å². The molecule has 3 rings (SSSR count). The Labute approximate surface area is 158 Å². The van der Waals surface area contributed by atoms with E-state index in [1.165, 1.54) is 0 Å². The van der Waals surface area contributed by atoms with Crippen LogP contribution in [-0.2, 0) is 9.53 Å². The molecule has 0 saturated carbocycles. The molecule has 2 N–H and O–H groups in total. The Balaban J connectivity index is 2.00. The standard InChI is InChI=1S/C21H23N3O3/c1-3-27-20(25)18-17(14-24(2)16-12-8-5-9-13-16)22-21(26)23-19(18)15-10-6-4-7-11-15/h4-13,19H,3,14H2,1-2H3,(H2,22,23,26)/t19-/m0/s1. The molecular weight excluding hydrogens is 342 g/mol. The van der Waals surface area contributed by atoms with Crippen molar-refractivity contribution in [3.8, 4) is 0 Å². The zero-order valence-corrected chi connectivity index (χ0v) is 15.4. The normalized spacial score (nSPS) is 16.4. The number of nitrogens with zero attached hydrogens (tertiary/aromatic N) is 1. The first kappa shape index (κ1) is 18.5. The van der Waals surface area contributed by atoms with Crippen molar-refractivity contribution < 1.29 is 14.3 Å². The largest absolute Gasteiger partial charge is 0.463 e. The van der Waals surface area contributed by atoms with Crippen molar-refractivity contribution in [2.24, 2.45) is 0 Å². The third kappa shape index (κ3) is 4.28. The maximum absolute atomic E-state index is 12.7. The lowest BCUT2D eigenvalue weighted by molar-refractivity contribution is -0.139. The summed E-state index contributed by atoms with van der Waals surface area (Å²) in [7, 11) is 1.91. The number of urea groups is 1. The molecule has 1 heterocycles. The lowest BCUT2D eigenvalue weighted by Crippen LogP contribution is -2.48. The topological polar surface area (TPSA) is 70.7 Å². The molecule has 0 radical (unpaired) electrons. The Kier molecular flexibility index (Phi) is 5.76. The Morgan fingerprint density at radius 2 is 1.70 bits per heavy atom. The first-order chi connectivity index (χ1) is 13.1. The first-order valence-corrected chi connectivity index (χ1v) is 8.89. The molecule has 140 valence electrons. The minimum absolute atomic E-state index is 0.263. The smallest absolute Gasteiger partial charge is 0.338 e. The number of nitrogens with one attached hydrogen (secondary N) is 2. The summed E-state index contributed by atoms with van der Waals surface area (Å²) in [4.78, 5) is 27.0. The molecule has 2 aromatic rings. The van der Waals surface area contributed by atoms with Crippen LogP contribution < -0.4 is 15.5 Å². The van der Waals surface area contributed by atoms with Crippen LogP contribution in [0.2, 0.25) is 0 Å². The predicted molar refractivity (Wildman–Crippen MR) is 104 cm³/mol. The minimum Gasteiger partial charge on any atom is -0.463 e. The highest BCUT2D eigenvalue weighted by Gasteiger charge is 2.33. The molecule has 1 aliphatic heterocycles. The van der Waals surface area contributed by atoms with E-state index in [1.807, 2.05) is 72.6 Å². The number of anilines is 1. The second kappa shape index (κ2) is 8.40. The van der Waals surface area contributed by atoms with Gasteiger partial charge in [0, 0.05) is 12.7 Å². The third-order valence-corrected chi connectivity index (χ3v) is 4.37. The van der Waals surface area contributed by atoms with Crippen molar-refractivity contribution in [1.82, 2.24) is 10.6 Å². The van der Waals surface area contributed by atoms with E-state index in [-0.39, 0.29) is 12.6 Å². The molecule has 2 aromatic carbocycles. The summed E-state index contributed by atoms with van der Waals surface area (Å²) in [6, 6.07) is 18.3. The number of benzene rings is 2. The van der Waals surface area contributed by atoms with Crippen molar-refractivity contribution in [2.45, 2.75) is 13.0 Å². The lowest BCUT2D eigenvalue weighted by Gasteiger charge is -2.31. The van der Waals surface area contributed by atoms with Crippen LogP contribution in [0.4, 0.5) is 10.5 Å². The summed E-state index contributed by atoms with van der Waals surface area (Å²) in [5.74, 6) is -0.435. The number of esters is 1. The van der Waals surface area contributed by atoms with Gasteiger partial charge in [-0.2, -0.15) is 0 Å². The zero-order valence-electron chi connectivity index (χ0n) is 15.4. The van der Waals surface area contributed by atoms with Crippen LogP contribution in [0.25, 0.3) is 0 Å². The molecule has 0 unspecified atom stereocenters. The summed E-state index contributed by atoms with van der Waals surface area (Å²) in [6.45, 7) is 2.40. The monoisotopic (exact) mass is 365 g/mol. The van der Waals surface area contributed by atoms with Crippen molar-refractivity contribution in [1.29, 1.82) is 0 Å². The average Bonchev–Trinajstić information content (AvgIpc) is 2.69. The van der Waals surface area contributed by atoms with Gasteiger partial charge >= 0.3 is 12.0 Å². The van der Waals surface area contributed by atoms with E-state index in [0.29, 0.717) is 17.8 Å². The van der Waals surface area contributed by atoms with Gasteiger partial charge in [0.25, 0.3) is 0 Å². The number of amides is 2. The Bertz CT molecular complexity index is 834. The molecule has 27 heavy (non-hydrogen) atoms. The highest BCUT2D eigenvalue weighted by atomic mass is 16.5. The Morgan fingerprint density at radius 3 is 2.33 bits per heavy atom. The van der Waals surface area contributed by atoms with Gasteiger partial charge in [-0.25, -0.2) is 9.59 Å². The molecule has 6 heteroatoms. The van der Waals surface area contributed by atoms with Crippen LogP contribution >= 0.6 is 0 Å². The van der Waals surface area contributed by atoms with Crippen molar-refractivity contribution in [3.63, 3.8) is 0 Å².